The molecule has 1 aromatic carbocycles. The van der Waals surface area contributed by atoms with E-state index in [2.05, 4.69) is 87.9 Å². The molecule has 0 fully saturated rings. The highest BCUT2D eigenvalue weighted by Gasteiger charge is 2.36. The first-order chi connectivity index (χ1) is 67.6. The lowest BCUT2D eigenvalue weighted by atomic mass is 9.85. The lowest BCUT2D eigenvalue weighted by Crippen LogP contribution is -2.38. The van der Waals surface area contributed by atoms with Gasteiger partial charge in [-0.05, 0) is 120 Å². The Morgan fingerprint density at radius 3 is 1.25 bits per heavy atom. The molecule has 7 aromatic rings. The summed E-state index contributed by atoms with van der Waals surface area (Å²) in [7, 11) is -9.01. The number of Topliss-reactive ketones (excluding diaryl/α,β-unsaturated/α-hetero) is 7. The first kappa shape index (κ1) is 143. The number of aliphatic carboxylic acids is 1. The molecule has 2 unspecified atom stereocenters. The quantitative estimate of drug-likeness (QED) is 0.00456. The molecule has 0 saturated heterocycles. The summed E-state index contributed by atoms with van der Waals surface area (Å²) in [5, 5.41) is 81.2. The number of hydroxylamine groups is 2. The number of rotatable bonds is 26. The number of nitrogens with one attached hydrogen (secondary N) is 2. The zero-order valence-electron chi connectivity index (χ0n) is 95.4. The first-order valence-corrected chi connectivity index (χ1v) is 57.0. The third-order valence-electron chi connectivity index (χ3n) is 21.4. The number of nitrogens with zero attached hydrogens (tertiary/aromatic N) is 6. The van der Waals surface area contributed by atoms with Gasteiger partial charge in [-0.3, -0.25) is 71.9 Å². The van der Waals surface area contributed by atoms with Gasteiger partial charge >= 0.3 is 13.6 Å². The molecule has 7 rings (SSSR count). The molecule has 41 heteroatoms. The van der Waals surface area contributed by atoms with E-state index in [0.717, 1.165) is 41.3 Å². The summed E-state index contributed by atoms with van der Waals surface area (Å²) in [5.74, 6) is -5.32. The highest BCUT2D eigenvalue weighted by atomic mass is 31.2. The molecule has 842 valence electrons. The van der Waals surface area contributed by atoms with Crippen molar-refractivity contribution in [3.05, 3.63) is 204 Å². The van der Waals surface area contributed by atoms with Crippen LogP contribution in [0.1, 0.15) is 347 Å². The van der Waals surface area contributed by atoms with Gasteiger partial charge in [0, 0.05) is 108 Å². The molecule has 0 aliphatic heterocycles. The number of carbonyl (C=O) groups excluding carboxylic acids is 10. The second kappa shape index (κ2) is 60.6. The first-order valence-electron chi connectivity index (χ1n) is 49.1. The summed E-state index contributed by atoms with van der Waals surface area (Å²) in [6.07, 6.45) is 4.98. The SMILES string of the molecule is CC(=O)N(O)CC(=O)C(C)(C)C.CC(C)(C)C(=O)CC(O)C(=O)O.CC(C)(C)C(=O)c1cccc(CO)n1.CC(C)(C)C(=O)c1occc(=O)c1O.CC(C)(C)Cc1cccc(P(=O)(O)O)n1.CCP(=O)(CC)CC(=O)C(C)(C)C.CCP(=O)(CC)Cc1cccc(CC(C)(C)C)[n+]1[O-].CCP(=O)(O)c1cccc(CC(C)(C)C)n1.CNC(=O)c1ccc(C(=O)C(C)(C)C)c(=O)n1O.CNC(=O)c1cccc(C(=O)C(C)(C)C)c1O. The van der Waals surface area contributed by atoms with Crippen molar-refractivity contribution in [3.63, 3.8) is 0 Å². The van der Waals surface area contributed by atoms with Crippen LogP contribution in [0.3, 0.4) is 0 Å². The Hall–Kier alpha value is -10.8. The Morgan fingerprint density at radius 1 is 0.460 bits per heavy atom. The van der Waals surface area contributed by atoms with E-state index < -0.39 is 120 Å². The fourth-order valence-electron chi connectivity index (χ4n) is 11.7. The normalized spacial score (nSPS) is 12.4. The number of carbonyl (C=O) groups is 11. The molecule has 0 radical (unpaired) electrons. The number of aliphatic hydroxyl groups excluding tert-OH is 2. The monoisotopic (exact) mass is 2180 g/mol. The summed E-state index contributed by atoms with van der Waals surface area (Å²) >= 11 is 0. The van der Waals surface area contributed by atoms with Gasteiger partial charge in [-0.1, -0.05) is 267 Å². The van der Waals surface area contributed by atoms with Gasteiger partial charge in [0.1, 0.15) is 40.7 Å². The van der Waals surface area contributed by atoms with E-state index >= 15 is 0 Å². The number of pyridine rings is 5. The average molecular weight is 2180 g/mol. The van der Waals surface area contributed by atoms with Crippen LogP contribution < -0.4 is 37.2 Å². The number of aliphatic hydroxyl groups is 2. The smallest absolute Gasteiger partial charge is 0.374 e. The molecule has 150 heavy (non-hydrogen) atoms. The second-order valence-electron chi connectivity index (χ2n) is 46.5. The van der Waals surface area contributed by atoms with Crippen molar-refractivity contribution in [2.75, 3.05) is 57.6 Å². The maximum atomic E-state index is 12.5. The maximum absolute atomic E-state index is 12.5. The number of hydrogen-bond donors (Lipinski definition) is 12. The largest absolute Gasteiger partial charge is 0.618 e. The molecule has 0 bridgehead atoms. The third kappa shape index (κ3) is 53.4. The highest BCUT2D eigenvalue weighted by molar-refractivity contribution is 7.65. The van der Waals surface area contributed by atoms with Crippen LogP contribution in [-0.2, 0) is 74.3 Å². The van der Waals surface area contributed by atoms with Gasteiger partial charge in [0.15, 0.2) is 46.1 Å². The number of para-hydroxylation sites is 1. The molecule has 0 aliphatic rings. The standard InChI is InChI=1S/C15H26NO2P.C13H17NO3.C12H16N2O4.C12H20NO2P.C11H15NO2.C10H16NO3P.C10H12O4.C10H21O2P.C8H15NO3.C8H14O4/c1-6-19(18,7-2)12-14-10-8-9-13(16(14)17)11-15(3,4)5;1-13(2,3)11(16)8-6-5-7-9(10(8)15)12(17)14-4;1-12(2,3)9(15)7-5-6-8(10(16)13-4)14(18)11(7)17;1-5-16(14,15)11-8-6-7-10(13-11)9-12(2,3)4;1-11(2,3)10(14)9-6-4-5-8(7-13)12-9;1-10(2,3)7-8-5-4-6-9(11-8)15(12,13)14;1-10(2,3)9(13)8-7(12)6(11)4-5-14-8;1-6-13(12,7-2)8-9(11)10(3,4)5;1-6(10)9(12)5-7(11)8(2,3)4;1-8(2,3)6(10)4-5(9)7(11)12/h8-10H,6-7,11-12H2,1-5H3;5-7,15H,1-4H3,(H,14,17);5-6,18H,1-4H3,(H,13,16);6-8H,5,9H2,1-4H3,(H,14,15);4-6,13H,7H2,1-3H3;4-6H,7H2,1-3H3,(H2,12,13,14);4-5,12H,1-3H3;6-8H2,1-5H3;12H,5H2,1-4H3;5,9H,4H2,1-3H3,(H,11,12). The number of amides is 3. The average Bonchev–Trinajstić information content (AvgIpc) is 0.801. The molecule has 6 aromatic heterocycles. The van der Waals surface area contributed by atoms with Crippen molar-refractivity contribution in [2.24, 2.45) is 54.1 Å². The predicted molar refractivity (Wildman–Crippen MR) is 587 cm³/mol. The number of phenolic OH excluding ortho intramolecular Hbond substituents is 1. The van der Waals surface area contributed by atoms with Crippen LogP contribution in [0.25, 0.3) is 0 Å². The highest BCUT2D eigenvalue weighted by Crippen LogP contribution is 2.48. The lowest BCUT2D eigenvalue weighted by Gasteiger charge is -2.20. The van der Waals surface area contributed by atoms with Crippen LogP contribution in [0.4, 0.5) is 0 Å². The molecule has 0 saturated carbocycles. The number of aromatic nitrogens is 5. The molecule has 0 aliphatic carbocycles. The molecule has 3 amide bonds. The minimum absolute atomic E-state index is 0.00667. The number of carboxylic acids is 1. The van der Waals surface area contributed by atoms with Crippen LogP contribution in [0.2, 0.25) is 0 Å². The van der Waals surface area contributed by atoms with Gasteiger partial charge in [-0.2, -0.15) is 4.73 Å². The van der Waals surface area contributed by atoms with Crippen molar-refractivity contribution >= 4 is 104 Å². The van der Waals surface area contributed by atoms with Crippen LogP contribution in [0, 0.1) is 59.4 Å². The lowest BCUT2D eigenvalue weighted by molar-refractivity contribution is -0.622. The summed E-state index contributed by atoms with van der Waals surface area (Å²) < 4.78 is 53.3. The van der Waals surface area contributed by atoms with E-state index in [4.69, 9.17) is 34.7 Å². The van der Waals surface area contributed by atoms with Gasteiger partial charge in [-0.25, -0.2) is 24.8 Å². The third-order valence-corrected chi connectivity index (χ3v) is 30.5. The molecule has 0 spiro atoms. The second-order valence-corrected chi connectivity index (χ2v) is 57.9. The molecule has 37 nitrogen and oxygen atoms in total. The van der Waals surface area contributed by atoms with Gasteiger partial charge in [0.2, 0.25) is 36.0 Å². The van der Waals surface area contributed by atoms with E-state index in [1.165, 1.54) is 51.4 Å². The van der Waals surface area contributed by atoms with E-state index in [1.807, 2.05) is 93.5 Å². The Kier molecular flexibility index (Phi) is 57.9. The van der Waals surface area contributed by atoms with Crippen molar-refractivity contribution in [1.82, 2.24) is 35.4 Å². The summed E-state index contributed by atoms with van der Waals surface area (Å²) in [5.41, 5.74) is -1.06. The van der Waals surface area contributed by atoms with Gasteiger partial charge < -0.3 is 74.8 Å². The number of ketones is 7. The van der Waals surface area contributed by atoms with Crippen LogP contribution >= 0.6 is 29.2 Å². The fourth-order valence-corrected chi connectivity index (χ4v) is 16.8. The molecule has 6 heterocycles. The minimum Gasteiger partial charge on any atom is -0.618 e. The topological polar surface area (TPSA) is 603 Å². The molecule has 12 N–H and O–H groups in total. The number of phenols is 1. The van der Waals surface area contributed by atoms with E-state index in [0.29, 0.717) is 70.5 Å². The Labute approximate surface area is 886 Å². The molecular weight excluding hydrogens is 2010 g/mol. The van der Waals surface area contributed by atoms with E-state index in [1.54, 1.807) is 159 Å². The van der Waals surface area contributed by atoms with Crippen LogP contribution in [0.5, 0.6) is 11.5 Å². The predicted octanol–water partition coefficient (Wildman–Crippen LogP) is 18.2. The Morgan fingerprint density at radius 2 is 0.860 bits per heavy atom. The Bertz CT molecular complexity index is 5970. The summed E-state index contributed by atoms with van der Waals surface area (Å²) in [6, 6.07) is 28.9. The summed E-state index contributed by atoms with van der Waals surface area (Å²) in [4.78, 5) is 188. The number of benzene rings is 1. The van der Waals surface area contributed by atoms with Crippen molar-refractivity contribution in [3.8, 4) is 11.5 Å². The molecular formula is C109H172N8O29P4. The maximum Gasteiger partial charge on any atom is 0.374 e. The number of aromatic hydroxyl groups is 2. The number of carboxylic acid groups (broad SMARTS) is 1. The van der Waals surface area contributed by atoms with Crippen LogP contribution in [-0.4, -0.2) is 203 Å². The van der Waals surface area contributed by atoms with Crippen molar-refractivity contribution in [1.29, 1.82) is 0 Å². The van der Waals surface area contributed by atoms with E-state index in [9.17, 15) is 106 Å². The molecule has 2 atom stereocenters. The number of hydrogen-bond acceptors (Lipinski definition) is 28. The fraction of sp³-hybridized carbons (Fsp3) is 0.569. The zero-order chi connectivity index (χ0) is 118. The van der Waals surface area contributed by atoms with Crippen molar-refractivity contribution in [2.45, 2.75) is 294 Å². The summed E-state index contributed by atoms with van der Waals surface area (Å²) in [6.45, 7) is 65.9. The van der Waals surface area contributed by atoms with E-state index in [-0.39, 0.29) is 127 Å². The van der Waals surface area contributed by atoms with Gasteiger partial charge in [0.05, 0.1) is 61.9 Å². The van der Waals surface area contributed by atoms with Gasteiger partial charge in [-0.15, -0.1) is 4.73 Å². The van der Waals surface area contributed by atoms with Crippen molar-refractivity contribution < 1.29 is 131 Å². The van der Waals surface area contributed by atoms with Gasteiger partial charge in [0.25, 0.3) is 17.4 Å². The van der Waals surface area contributed by atoms with Crippen LogP contribution in [0.15, 0.2) is 129 Å². The minimum atomic E-state index is -4.22. The Balaban J connectivity index is -0.00000161. The zero-order valence-corrected chi connectivity index (χ0v) is 99.0.